The number of anilines is 1. The zero-order valence-corrected chi connectivity index (χ0v) is 13.9. The number of amides is 1. The molecule has 2 aromatic rings. The molecule has 1 amide bonds. The third kappa shape index (κ3) is 4.95. The first-order valence-corrected chi connectivity index (χ1v) is 8.58. The Labute approximate surface area is 145 Å². The Morgan fingerprint density at radius 3 is 2.40 bits per heavy atom. The molecule has 1 N–H and O–H groups in total. The molecule has 0 bridgehead atoms. The number of carbonyl (C=O) groups is 2. The second-order valence-electron chi connectivity index (χ2n) is 4.88. The van der Waals surface area contributed by atoms with Crippen LogP contribution in [-0.2, 0) is 20.3 Å². The summed E-state index contributed by atoms with van der Waals surface area (Å²) in [5.74, 6) is -1.36. The normalized spacial score (nSPS) is 11.4. The highest BCUT2D eigenvalue weighted by Gasteiger charge is 2.16. The molecule has 0 fully saturated rings. The van der Waals surface area contributed by atoms with Gasteiger partial charge < -0.3 is 10.1 Å². The summed E-state index contributed by atoms with van der Waals surface area (Å²) in [6.07, 6.45) is 1.44. The lowest BCUT2D eigenvalue weighted by Gasteiger charge is -2.08. The van der Waals surface area contributed by atoms with Gasteiger partial charge in [0.1, 0.15) is 0 Å². The van der Waals surface area contributed by atoms with E-state index in [1.165, 1.54) is 36.6 Å². The molecule has 0 spiro atoms. The number of ether oxygens (including phenoxy) is 1. The summed E-state index contributed by atoms with van der Waals surface area (Å²) in [4.78, 5) is 34.2. The van der Waals surface area contributed by atoms with Crippen molar-refractivity contribution in [3.8, 4) is 0 Å². The standard InChI is InChI=1S/C16H14N2O6S/c1-25(23)14-5-3-2-4-13(14)16(20)24-10-15(19)17-11-6-8-12(9-7-11)18(21)22/h2-9H,10H2,1H3,(H,17,19)/t25-/m0/s1. The smallest absolute Gasteiger partial charge is 0.339 e. The van der Waals surface area contributed by atoms with Gasteiger partial charge in [-0.3, -0.25) is 19.1 Å². The molecule has 0 aliphatic heterocycles. The molecule has 0 saturated carbocycles. The van der Waals surface area contributed by atoms with E-state index in [0.29, 0.717) is 10.6 Å². The summed E-state index contributed by atoms with van der Waals surface area (Å²) >= 11 is 0. The van der Waals surface area contributed by atoms with Crippen molar-refractivity contribution < 1.29 is 23.5 Å². The fourth-order valence-electron chi connectivity index (χ4n) is 1.96. The molecule has 2 rings (SSSR count). The number of hydrogen-bond acceptors (Lipinski definition) is 6. The Hall–Kier alpha value is -3.07. The quantitative estimate of drug-likeness (QED) is 0.478. The molecule has 8 nitrogen and oxygen atoms in total. The Morgan fingerprint density at radius 2 is 1.80 bits per heavy atom. The predicted octanol–water partition coefficient (Wildman–Crippen LogP) is 2.13. The fourth-order valence-corrected chi connectivity index (χ4v) is 2.69. The van der Waals surface area contributed by atoms with Gasteiger partial charge in [0.15, 0.2) is 6.61 Å². The van der Waals surface area contributed by atoms with Crippen molar-refractivity contribution in [2.75, 3.05) is 18.2 Å². The minimum absolute atomic E-state index is 0.103. The fraction of sp³-hybridized carbons (Fsp3) is 0.125. The van der Waals surface area contributed by atoms with Crippen LogP contribution in [0.4, 0.5) is 11.4 Å². The molecule has 0 saturated heterocycles. The maximum Gasteiger partial charge on any atom is 0.339 e. The number of nitrogens with zero attached hydrogens (tertiary/aromatic N) is 1. The molecule has 1 atom stereocenters. The summed E-state index contributed by atoms with van der Waals surface area (Å²) in [6.45, 7) is -0.541. The summed E-state index contributed by atoms with van der Waals surface area (Å²) in [5.41, 5.74) is 0.363. The third-order valence-electron chi connectivity index (χ3n) is 3.11. The van der Waals surface area contributed by atoms with E-state index in [4.69, 9.17) is 4.74 Å². The first-order chi connectivity index (χ1) is 11.9. The Morgan fingerprint density at radius 1 is 1.16 bits per heavy atom. The number of benzene rings is 2. The molecule has 0 radical (unpaired) electrons. The van der Waals surface area contributed by atoms with Crippen LogP contribution in [0.15, 0.2) is 53.4 Å². The number of hydrogen-bond donors (Lipinski definition) is 1. The number of carbonyl (C=O) groups excluding carboxylic acids is 2. The van der Waals surface area contributed by atoms with Crippen molar-refractivity contribution in [3.63, 3.8) is 0 Å². The van der Waals surface area contributed by atoms with Crippen molar-refractivity contribution in [1.82, 2.24) is 0 Å². The van der Waals surface area contributed by atoms with E-state index in [0.717, 1.165) is 0 Å². The molecular weight excluding hydrogens is 348 g/mol. The van der Waals surface area contributed by atoms with E-state index in [2.05, 4.69) is 5.32 Å². The van der Waals surface area contributed by atoms with Gasteiger partial charge in [-0.1, -0.05) is 12.1 Å². The summed E-state index contributed by atoms with van der Waals surface area (Å²) in [6, 6.07) is 11.5. The van der Waals surface area contributed by atoms with Gasteiger partial charge in [-0.25, -0.2) is 4.79 Å². The van der Waals surface area contributed by atoms with Crippen molar-refractivity contribution in [1.29, 1.82) is 0 Å². The van der Waals surface area contributed by atoms with Gasteiger partial charge in [-0.05, 0) is 24.3 Å². The molecule has 0 unspecified atom stereocenters. The number of non-ortho nitro benzene ring substituents is 1. The number of rotatable bonds is 6. The van der Waals surface area contributed by atoms with Crippen LogP contribution in [0.3, 0.4) is 0 Å². The van der Waals surface area contributed by atoms with Crippen LogP contribution in [0.5, 0.6) is 0 Å². The second-order valence-corrected chi connectivity index (χ2v) is 6.23. The van der Waals surface area contributed by atoms with Crippen LogP contribution >= 0.6 is 0 Å². The van der Waals surface area contributed by atoms with Crippen molar-refractivity contribution in [3.05, 3.63) is 64.2 Å². The SMILES string of the molecule is C[S@](=O)c1ccccc1C(=O)OCC(=O)Nc1ccc([N+](=O)[O-])cc1. The van der Waals surface area contributed by atoms with Gasteiger partial charge in [0, 0.05) is 24.1 Å². The zero-order valence-electron chi connectivity index (χ0n) is 13.1. The molecule has 2 aromatic carbocycles. The molecule has 0 aliphatic carbocycles. The van der Waals surface area contributed by atoms with E-state index in [9.17, 15) is 23.9 Å². The molecule has 0 heterocycles. The van der Waals surface area contributed by atoms with E-state index in [1.807, 2.05) is 0 Å². The Kier molecular flexibility index (Phi) is 5.96. The van der Waals surface area contributed by atoms with Crippen LogP contribution < -0.4 is 5.32 Å². The topological polar surface area (TPSA) is 116 Å². The minimum Gasteiger partial charge on any atom is -0.452 e. The maximum atomic E-state index is 12.0. The van der Waals surface area contributed by atoms with Crippen LogP contribution in [0.25, 0.3) is 0 Å². The summed E-state index contributed by atoms with van der Waals surface area (Å²) in [5, 5.41) is 13.0. The van der Waals surface area contributed by atoms with Crippen LogP contribution in [0.2, 0.25) is 0 Å². The molecular formula is C16H14N2O6S. The molecule has 0 aliphatic rings. The summed E-state index contributed by atoms with van der Waals surface area (Å²) in [7, 11) is -1.37. The molecule has 0 aromatic heterocycles. The van der Waals surface area contributed by atoms with Crippen molar-refractivity contribution in [2.45, 2.75) is 4.90 Å². The van der Waals surface area contributed by atoms with Gasteiger partial charge in [0.25, 0.3) is 11.6 Å². The number of nitrogens with one attached hydrogen (secondary N) is 1. The largest absolute Gasteiger partial charge is 0.452 e. The van der Waals surface area contributed by atoms with Crippen LogP contribution in [-0.4, -0.2) is 33.9 Å². The zero-order chi connectivity index (χ0) is 18.4. The van der Waals surface area contributed by atoms with Crippen LogP contribution in [0.1, 0.15) is 10.4 Å². The van der Waals surface area contributed by atoms with Gasteiger partial charge >= 0.3 is 5.97 Å². The van der Waals surface area contributed by atoms with Gasteiger partial charge in [-0.15, -0.1) is 0 Å². The monoisotopic (exact) mass is 362 g/mol. The molecule has 9 heteroatoms. The van der Waals surface area contributed by atoms with E-state index in [1.54, 1.807) is 18.2 Å². The minimum atomic E-state index is -1.37. The van der Waals surface area contributed by atoms with E-state index in [-0.39, 0.29) is 11.3 Å². The third-order valence-corrected chi connectivity index (χ3v) is 4.09. The number of nitro groups is 1. The second kappa shape index (κ2) is 8.15. The maximum absolute atomic E-state index is 12.0. The van der Waals surface area contributed by atoms with E-state index >= 15 is 0 Å². The van der Waals surface area contributed by atoms with E-state index < -0.39 is 34.2 Å². The van der Waals surface area contributed by atoms with Gasteiger partial charge in [-0.2, -0.15) is 0 Å². The lowest BCUT2D eigenvalue weighted by atomic mass is 10.2. The summed E-state index contributed by atoms with van der Waals surface area (Å²) < 4.78 is 16.5. The Balaban J connectivity index is 1.95. The highest BCUT2D eigenvalue weighted by Crippen LogP contribution is 2.16. The predicted molar refractivity (Wildman–Crippen MR) is 90.8 cm³/mol. The molecule has 130 valence electrons. The van der Waals surface area contributed by atoms with Crippen molar-refractivity contribution in [2.24, 2.45) is 0 Å². The average Bonchev–Trinajstić information content (AvgIpc) is 2.60. The first kappa shape index (κ1) is 18.3. The van der Waals surface area contributed by atoms with Gasteiger partial charge in [0.2, 0.25) is 0 Å². The lowest BCUT2D eigenvalue weighted by molar-refractivity contribution is -0.384. The van der Waals surface area contributed by atoms with Crippen molar-refractivity contribution >= 4 is 34.1 Å². The van der Waals surface area contributed by atoms with Gasteiger partial charge in [0.05, 0.1) is 26.2 Å². The lowest BCUT2D eigenvalue weighted by Crippen LogP contribution is -2.21. The first-order valence-electron chi connectivity index (χ1n) is 7.02. The Bertz CT molecular complexity index is 835. The number of nitro benzene ring substituents is 1. The highest BCUT2D eigenvalue weighted by atomic mass is 32.2. The molecule has 25 heavy (non-hydrogen) atoms. The van der Waals surface area contributed by atoms with Crippen LogP contribution in [0, 0.1) is 10.1 Å². The highest BCUT2D eigenvalue weighted by molar-refractivity contribution is 7.84. The average molecular weight is 362 g/mol. The number of esters is 1.